The fraction of sp³-hybridized carbons (Fsp3) is 0. The molecule has 0 aliphatic rings. The molecule has 1 N–H and O–H groups in total. The molecular formula is C9H6Cl2N4O2S. The van der Waals surface area contributed by atoms with E-state index in [-0.39, 0.29) is 20.9 Å². The number of rotatable bonds is 3. The van der Waals surface area contributed by atoms with Gasteiger partial charge in [0.1, 0.15) is 4.90 Å². The molecule has 6 nitrogen and oxygen atoms in total. The Labute approximate surface area is 113 Å². The van der Waals surface area contributed by atoms with Crippen molar-refractivity contribution in [3.8, 4) is 0 Å². The molecule has 0 radical (unpaired) electrons. The number of sulfonamides is 1. The highest BCUT2D eigenvalue weighted by Crippen LogP contribution is 2.22. The highest BCUT2D eigenvalue weighted by atomic mass is 35.5. The van der Waals surface area contributed by atoms with E-state index in [1.165, 1.54) is 18.5 Å². The van der Waals surface area contributed by atoms with Gasteiger partial charge in [0.05, 0.1) is 29.3 Å². The summed E-state index contributed by atoms with van der Waals surface area (Å²) in [4.78, 5) is 10.8. The van der Waals surface area contributed by atoms with Crippen molar-refractivity contribution in [2.45, 2.75) is 4.90 Å². The predicted octanol–water partition coefficient (Wildman–Crippen LogP) is 1.98. The molecule has 0 aliphatic carbocycles. The third kappa shape index (κ3) is 2.87. The van der Waals surface area contributed by atoms with E-state index < -0.39 is 10.0 Å². The van der Waals surface area contributed by atoms with Crippen molar-refractivity contribution < 1.29 is 8.42 Å². The van der Waals surface area contributed by atoms with E-state index in [4.69, 9.17) is 23.2 Å². The van der Waals surface area contributed by atoms with Gasteiger partial charge >= 0.3 is 0 Å². The third-order valence-corrected chi connectivity index (χ3v) is 3.76. The highest BCUT2D eigenvalue weighted by Gasteiger charge is 2.16. The first-order valence-corrected chi connectivity index (χ1v) is 6.83. The Balaban J connectivity index is 2.33. The third-order valence-electron chi connectivity index (χ3n) is 1.92. The molecule has 2 aromatic rings. The summed E-state index contributed by atoms with van der Waals surface area (Å²) in [5, 5.41) is 0.205. The number of pyridine rings is 1. The number of nitrogens with zero attached hydrogens (tertiary/aromatic N) is 3. The van der Waals surface area contributed by atoms with E-state index >= 15 is 0 Å². The fourth-order valence-corrected chi connectivity index (χ4v) is 2.35. The summed E-state index contributed by atoms with van der Waals surface area (Å²) in [6.07, 6.45) is 4.95. The Morgan fingerprint density at radius 2 is 1.78 bits per heavy atom. The zero-order valence-electron chi connectivity index (χ0n) is 8.71. The molecule has 0 amide bonds. The average molecular weight is 305 g/mol. The molecule has 0 bridgehead atoms. The predicted molar refractivity (Wildman–Crippen MR) is 67.1 cm³/mol. The van der Waals surface area contributed by atoms with Crippen molar-refractivity contribution in [2.24, 2.45) is 0 Å². The molecule has 2 aromatic heterocycles. The number of anilines is 1. The second-order valence-corrected chi connectivity index (χ2v) is 5.58. The Morgan fingerprint density at radius 3 is 2.39 bits per heavy atom. The van der Waals surface area contributed by atoms with Crippen molar-refractivity contribution >= 4 is 38.9 Å². The molecule has 0 fully saturated rings. The van der Waals surface area contributed by atoms with Gasteiger partial charge < -0.3 is 0 Å². The first-order chi connectivity index (χ1) is 8.49. The molecule has 0 unspecified atom stereocenters. The van der Waals surface area contributed by atoms with E-state index in [2.05, 4.69) is 19.7 Å². The molecule has 94 valence electrons. The van der Waals surface area contributed by atoms with Gasteiger partial charge in [-0.3, -0.25) is 9.71 Å². The molecule has 0 aliphatic heterocycles. The normalized spacial score (nSPS) is 11.2. The van der Waals surface area contributed by atoms with Crippen LogP contribution in [0.25, 0.3) is 0 Å². The van der Waals surface area contributed by atoms with Crippen LogP contribution in [0.5, 0.6) is 0 Å². The second kappa shape index (κ2) is 5.05. The van der Waals surface area contributed by atoms with Crippen LogP contribution in [0.4, 0.5) is 5.69 Å². The molecule has 0 spiro atoms. The minimum Gasteiger partial charge on any atom is -0.276 e. The number of halogens is 2. The topological polar surface area (TPSA) is 84.8 Å². The summed E-state index contributed by atoms with van der Waals surface area (Å²) < 4.78 is 26.2. The van der Waals surface area contributed by atoms with E-state index in [1.807, 2.05) is 0 Å². The van der Waals surface area contributed by atoms with Crippen LogP contribution < -0.4 is 4.72 Å². The summed E-state index contributed by atoms with van der Waals surface area (Å²) in [5.74, 6) is 0. The second-order valence-electron chi connectivity index (χ2n) is 3.15. The molecule has 0 saturated carbocycles. The first kappa shape index (κ1) is 13.0. The standard InChI is InChI=1S/C9H6Cl2N4O2S/c10-7-1-2-12-5-8(7)15-18(16,17)6-3-13-9(11)14-4-6/h1-5,15H. The van der Waals surface area contributed by atoms with Gasteiger partial charge in [0, 0.05) is 6.20 Å². The van der Waals surface area contributed by atoms with Crippen LogP contribution in [0.15, 0.2) is 35.7 Å². The van der Waals surface area contributed by atoms with Crippen LogP contribution in [0.1, 0.15) is 0 Å². The van der Waals surface area contributed by atoms with Crippen LogP contribution in [-0.4, -0.2) is 23.4 Å². The van der Waals surface area contributed by atoms with Crippen LogP contribution >= 0.6 is 23.2 Å². The molecule has 0 aromatic carbocycles. The molecule has 2 heterocycles. The Hall–Kier alpha value is -1.44. The van der Waals surface area contributed by atoms with Crippen LogP contribution in [0, 0.1) is 0 Å². The van der Waals surface area contributed by atoms with Gasteiger partial charge in [-0.2, -0.15) is 0 Å². The molecule has 0 saturated heterocycles. The lowest BCUT2D eigenvalue weighted by Crippen LogP contribution is -2.14. The zero-order chi connectivity index (χ0) is 13.2. The van der Waals surface area contributed by atoms with Crippen molar-refractivity contribution in [1.29, 1.82) is 0 Å². The lowest BCUT2D eigenvalue weighted by Gasteiger charge is -2.08. The SMILES string of the molecule is O=S(=O)(Nc1cnccc1Cl)c1cnc(Cl)nc1. The molecular weight excluding hydrogens is 299 g/mol. The van der Waals surface area contributed by atoms with Gasteiger partial charge in [0.2, 0.25) is 5.28 Å². The highest BCUT2D eigenvalue weighted by molar-refractivity contribution is 7.92. The van der Waals surface area contributed by atoms with Gasteiger partial charge in [-0.1, -0.05) is 11.6 Å². The van der Waals surface area contributed by atoms with E-state index in [9.17, 15) is 8.42 Å². The van der Waals surface area contributed by atoms with Crippen LogP contribution in [0.3, 0.4) is 0 Å². The number of hydrogen-bond acceptors (Lipinski definition) is 5. The smallest absolute Gasteiger partial charge is 0.265 e. The first-order valence-electron chi connectivity index (χ1n) is 4.59. The maximum atomic E-state index is 11.9. The maximum absolute atomic E-state index is 11.9. The van der Waals surface area contributed by atoms with E-state index in [1.54, 1.807) is 0 Å². The molecule has 18 heavy (non-hydrogen) atoms. The fourth-order valence-electron chi connectivity index (χ4n) is 1.10. The average Bonchev–Trinajstić information content (AvgIpc) is 2.32. The monoisotopic (exact) mass is 304 g/mol. The lowest BCUT2D eigenvalue weighted by molar-refractivity contribution is 0.600. The lowest BCUT2D eigenvalue weighted by atomic mass is 10.4. The van der Waals surface area contributed by atoms with Gasteiger partial charge in [-0.25, -0.2) is 18.4 Å². The molecule has 9 heteroatoms. The van der Waals surface area contributed by atoms with Crippen molar-refractivity contribution in [1.82, 2.24) is 15.0 Å². The van der Waals surface area contributed by atoms with E-state index in [0.717, 1.165) is 12.4 Å². The Morgan fingerprint density at radius 1 is 1.11 bits per heavy atom. The molecule has 2 rings (SSSR count). The minimum atomic E-state index is -3.81. The number of aromatic nitrogens is 3. The van der Waals surface area contributed by atoms with Crippen molar-refractivity contribution in [2.75, 3.05) is 4.72 Å². The summed E-state index contributed by atoms with van der Waals surface area (Å²) in [5.41, 5.74) is 0.175. The Kier molecular flexibility index (Phi) is 3.65. The largest absolute Gasteiger partial charge is 0.276 e. The zero-order valence-corrected chi connectivity index (χ0v) is 11.0. The van der Waals surface area contributed by atoms with E-state index in [0.29, 0.717) is 0 Å². The summed E-state index contributed by atoms with van der Waals surface area (Å²) in [7, 11) is -3.81. The Bertz CT molecular complexity index is 661. The summed E-state index contributed by atoms with van der Waals surface area (Å²) >= 11 is 11.3. The quantitative estimate of drug-likeness (QED) is 0.876. The van der Waals surface area contributed by atoms with Gasteiger partial charge in [0.15, 0.2) is 0 Å². The van der Waals surface area contributed by atoms with Gasteiger partial charge in [-0.05, 0) is 17.7 Å². The maximum Gasteiger partial charge on any atom is 0.265 e. The van der Waals surface area contributed by atoms with Crippen molar-refractivity contribution in [3.05, 3.63) is 41.2 Å². The van der Waals surface area contributed by atoms with Gasteiger partial charge in [-0.15, -0.1) is 0 Å². The number of nitrogens with one attached hydrogen (secondary N) is 1. The summed E-state index contributed by atoms with van der Waals surface area (Å²) in [6.45, 7) is 0. The van der Waals surface area contributed by atoms with Crippen molar-refractivity contribution in [3.63, 3.8) is 0 Å². The van der Waals surface area contributed by atoms with Gasteiger partial charge in [0.25, 0.3) is 10.0 Å². The van der Waals surface area contributed by atoms with Crippen LogP contribution in [0.2, 0.25) is 10.3 Å². The number of hydrogen-bond donors (Lipinski definition) is 1. The molecule has 0 atom stereocenters. The minimum absolute atomic E-state index is 0.0339. The summed E-state index contributed by atoms with van der Waals surface area (Å²) in [6, 6.07) is 1.47. The van der Waals surface area contributed by atoms with Crippen LogP contribution in [-0.2, 0) is 10.0 Å².